The third-order valence-electron chi connectivity index (χ3n) is 7.07. The summed E-state index contributed by atoms with van der Waals surface area (Å²) in [4.78, 5) is 13.0. The van der Waals surface area contributed by atoms with Gasteiger partial charge in [-0.05, 0) is 94.9 Å². The minimum absolute atomic E-state index is 0.293. The number of carbonyl (C=O) groups is 1. The summed E-state index contributed by atoms with van der Waals surface area (Å²) in [5.41, 5.74) is 3.90. The van der Waals surface area contributed by atoms with Gasteiger partial charge in [-0.3, -0.25) is 4.79 Å². The summed E-state index contributed by atoms with van der Waals surface area (Å²) in [5, 5.41) is 10.9. The molecule has 0 spiro atoms. The van der Waals surface area contributed by atoms with Crippen LogP contribution in [0.3, 0.4) is 0 Å². The Labute approximate surface area is 215 Å². The molecule has 1 fully saturated rings. The fourth-order valence-electron chi connectivity index (χ4n) is 5.18. The van der Waals surface area contributed by atoms with Gasteiger partial charge in [-0.25, -0.2) is 4.39 Å². The zero-order valence-electron chi connectivity index (χ0n) is 21.4. The van der Waals surface area contributed by atoms with Gasteiger partial charge < -0.3 is 24.3 Å². The van der Waals surface area contributed by atoms with Crippen LogP contribution >= 0.6 is 0 Å². The van der Waals surface area contributed by atoms with Crippen LogP contribution in [0.1, 0.15) is 47.5 Å². The Morgan fingerprint density at radius 1 is 1.24 bits per heavy atom. The molecule has 194 valence electrons. The second kappa shape index (κ2) is 10.8. The van der Waals surface area contributed by atoms with Crippen molar-refractivity contribution in [3.8, 4) is 28.2 Å². The Morgan fingerprint density at radius 2 is 2.05 bits per heavy atom. The Hall–Kier alpha value is -3.65. The summed E-state index contributed by atoms with van der Waals surface area (Å²) in [6, 6.07) is 9.64. The molecule has 1 aliphatic heterocycles. The molecule has 2 N–H and O–H groups in total. The molecule has 1 aliphatic rings. The summed E-state index contributed by atoms with van der Waals surface area (Å²) < 4.78 is 31.6. The lowest BCUT2D eigenvalue weighted by Crippen LogP contribution is -2.29. The van der Waals surface area contributed by atoms with Crippen LogP contribution in [-0.4, -0.2) is 37.8 Å². The van der Waals surface area contributed by atoms with Crippen molar-refractivity contribution in [3.63, 3.8) is 0 Å². The summed E-state index contributed by atoms with van der Waals surface area (Å²) in [6.45, 7) is 6.47. The summed E-state index contributed by atoms with van der Waals surface area (Å²) >= 11 is 0. The molecule has 0 aliphatic carbocycles. The Kier molecular flexibility index (Phi) is 7.28. The molecule has 1 amide bonds. The van der Waals surface area contributed by atoms with E-state index < -0.39 is 0 Å². The van der Waals surface area contributed by atoms with Crippen molar-refractivity contribution in [1.29, 1.82) is 0 Å². The maximum absolute atomic E-state index is 13.6. The Bertz CT molecular complexity index is 1380. The van der Waals surface area contributed by atoms with E-state index in [1.165, 1.54) is 25.0 Å². The highest BCUT2D eigenvalue weighted by Crippen LogP contribution is 2.42. The number of halogens is 1. The quantitative estimate of drug-likeness (QED) is 0.284. The molecule has 0 saturated carbocycles. The third kappa shape index (κ3) is 5.11. The summed E-state index contributed by atoms with van der Waals surface area (Å²) in [7, 11) is 1.57. The normalized spacial score (nSPS) is 15.7. The molecular weight excluding hydrogens is 473 g/mol. The number of aromatic nitrogens is 1. The summed E-state index contributed by atoms with van der Waals surface area (Å²) in [6.07, 6.45) is 4.50. The molecule has 37 heavy (non-hydrogen) atoms. The van der Waals surface area contributed by atoms with Crippen LogP contribution in [0.2, 0.25) is 0 Å². The molecule has 4 aromatic rings. The molecule has 1 unspecified atom stereocenters. The molecule has 2 aromatic carbocycles. The largest absolute Gasteiger partial charge is 0.493 e. The lowest BCUT2D eigenvalue weighted by Gasteiger charge is -2.22. The standard InChI is InChI=1S/C29H32FN3O4/c1-17-26(18(2)37-33-17)22-15-25-23(14-24(22)35-13-5-7-19-6-4-12-32-16-19)27(29(34)31-3)28(36-25)20-8-10-21(30)11-9-20/h8-11,14-15,19,32H,4-7,12-13,16H2,1-3H3,(H,31,34). The predicted molar refractivity (Wildman–Crippen MR) is 140 cm³/mol. The van der Waals surface area contributed by atoms with E-state index in [1.54, 1.807) is 19.2 Å². The number of aryl methyl sites for hydroxylation is 2. The first-order valence-corrected chi connectivity index (χ1v) is 12.8. The van der Waals surface area contributed by atoms with Crippen LogP contribution in [0, 0.1) is 25.6 Å². The minimum Gasteiger partial charge on any atom is -0.493 e. The molecule has 1 atom stereocenters. The Morgan fingerprint density at radius 3 is 2.73 bits per heavy atom. The van der Waals surface area contributed by atoms with Crippen LogP contribution in [-0.2, 0) is 0 Å². The topological polar surface area (TPSA) is 89.5 Å². The second-order valence-corrected chi connectivity index (χ2v) is 9.64. The number of benzene rings is 2. The van der Waals surface area contributed by atoms with Crippen molar-refractivity contribution in [2.24, 2.45) is 5.92 Å². The fraction of sp³-hybridized carbons (Fsp3) is 0.379. The maximum Gasteiger partial charge on any atom is 0.255 e. The highest BCUT2D eigenvalue weighted by atomic mass is 19.1. The van der Waals surface area contributed by atoms with Gasteiger partial charge >= 0.3 is 0 Å². The molecule has 1 saturated heterocycles. The van der Waals surface area contributed by atoms with E-state index >= 15 is 0 Å². The number of hydrogen-bond acceptors (Lipinski definition) is 6. The number of furan rings is 1. The molecule has 0 bridgehead atoms. The van der Waals surface area contributed by atoms with Crippen LogP contribution in [0.15, 0.2) is 45.3 Å². The first-order chi connectivity index (χ1) is 18.0. The number of nitrogens with zero attached hydrogens (tertiary/aromatic N) is 1. The molecule has 2 aromatic heterocycles. The maximum atomic E-state index is 13.6. The van der Waals surface area contributed by atoms with Crippen molar-refractivity contribution >= 4 is 16.9 Å². The fourth-order valence-corrected chi connectivity index (χ4v) is 5.18. The highest BCUT2D eigenvalue weighted by Gasteiger charge is 2.25. The van der Waals surface area contributed by atoms with Gasteiger partial charge in [0.25, 0.3) is 5.91 Å². The molecule has 8 heteroatoms. The van der Waals surface area contributed by atoms with E-state index in [0.717, 1.165) is 42.8 Å². The van der Waals surface area contributed by atoms with Crippen molar-refractivity contribution < 1.29 is 22.9 Å². The van der Waals surface area contributed by atoms with E-state index in [1.807, 2.05) is 26.0 Å². The minimum atomic E-state index is -0.359. The van der Waals surface area contributed by atoms with Crippen molar-refractivity contribution in [1.82, 2.24) is 15.8 Å². The van der Waals surface area contributed by atoms with E-state index in [9.17, 15) is 9.18 Å². The number of amides is 1. The molecular formula is C29H32FN3O4. The zero-order valence-corrected chi connectivity index (χ0v) is 21.4. The highest BCUT2D eigenvalue weighted by molar-refractivity contribution is 6.12. The van der Waals surface area contributed by atoms with Gasteiger partial charge in [-0.15, -0.1) is 0 Å². The van der Waals surface area contributed by atoms with Gasteiger partial charge in [-0.1, -0.05) is 5.16 Å². The van der Waals surface area contributed by atoms with E-state index in [0.29, 0.717) is 51.9 Å². The number of fused-ring (bicyclic) bond motifs is 1. The van der Waals surface area contributed by atoms with Crippen molar-refractivity contribution in [2.45, 2.75) is 39.5 Å². The lowest BCUT2D eigenvalue weighted by molar-refractivity contribution is 0.0964. The monoisotopic (exact) mass is 505 g/mol. The number of hydrogen-bond donors (Lipinski definition) is 2. The van der Waals surface area contributed by atoms with E-state index in [2.05, 4.69) is 15.8 Å². The van der Waals surface area contributed by atoms with Crippen LogP contribution in [0.4, 0.5) is 4.39 Å². The molecule has 7 nitrogen and oxygen atoms in total. The zero-order chi connectivity index (χ0) is 25.9. The average molecular weight is 506 g/mol. The second-order valence-electron chi connectivity index (χ2n) is 9.64. The van der Waals surface area contributed by atoms with Gasteiger partial charge in [0, 0.05) is 23.6 Å². The van der Waals surface area contributed by atoms with Crippen LogP contribution in [0.25, 0.3) is 33.4 Å². The number of ether oxygens (including phenoxy) is 1. The van der Waals surface area contributed by atoms with E-state index in [-0.39, 0.29) is 11.7 Å². The third-order valence-corrected chi connectivity index (χ3v) is 7.07. The van der Waals surface area contributed by atoms with Crippen LogP contribution in [0.5, 0.6) is 5.75 Å². The first-order valence-electron chi connectivity index (χ1n) is 12.8. The number of nitrogens with one attached hydrogen (secondary N) is 2. The lowest BCUT2D eigenvalue weighted by atomic mass is 9.95. The van der Waals surface area contributed by atoms with Gasteiger partial charge in [0.15, 0.2) is 0 Å². The number of carbonyl (C=O) groups excluding carboxylic acids is 1. The SMILES string of the molecule is CNC(=O)c1c(-c2ccc(F)cc2)oc2cc(-c3c(C)noc3C)c(OCCCC3CCCNC3)cc12. The van der Waals surface area contributed by atoms with E-state index in [4.69, 9.17) is 13.7 Å². The van der Waals surface area contributed by atoms with Crippen molar-refractivity contribution in [3.05, 3.63) is 59.2 Å². The molecule has 3 heterocycles. The van der Waals surface area contributed by atoms with Gasteiger partial charge in [0.05, 0.1) is 23.4 Å². The molecule has 0 radical (unpaired) electrons. The number of rotatable bonds is 8. The van der Waals surface area contributed by atoms with Gasteiger partial charge in [-0.2, -0.15) is 0 Å². The number of piperidine rings is 1. The smallest absolute Gasteiger partial charge is 0.255 e. The predicted octanol–water partition coefficient (Wildman–Crippen LogP) is 6.03. The molecule has 5 rings (SSSR count). The van der Waals surface area contributed by atoms with Crippen molar-refractivity contribution in [2.75, 3.05) is 26.7 Å². The Balaban J connectivity index is 1.56. The van der Waals surface area contributed by atoms with Gasteiger partial charge in [0.2, 0.25) is 0 Å². The summed E-state index contributed by atoms with van der Waals surface area (Å²) in [5.74, 6) is 1.71. The van der Waals surface area contributed by atoms with Crippen LogP contribution < -0.4 is 15.4 Å². The average Bonchev–Trinajstić information content (AvgIpc) is 3.45. The van der Waals surface area contributed by atoms with Gasteiger partial charge in [0.1, 0.15) is 28.7 Å². The first kappa shape index (κ1) is 25.0.